The van der Waals surface area contributed by atoms with Gasteiger partial charge in [-0.2, -0.15) is 5.10 Å². The number of aromatic nitrogens is 2. The molecule has 1 aromatic heterocycles. The Hall–Kier alpha value is -1.36. The summed E-state index contributed by atoms with van der Waals surface area (Å²) in [6, 6.07) is 0. The summed E-state index contributed by atoms with van der Waals surface area (Å²) in [5.74, 6) is -0.0999. The van der Waals surface area contributed by atoms with E-state index in [0.29, 0.717) is 12.1 Å². The van der Waals surface area contributed by atoms with Crippen LogP contribution in [-0.4, -0.2) is 44.9 Å². The number of amides is 1. The minimum atomic E-state index is -0.890. The molecule has 0 atom stereocenters. The van der Waals surface area contributed by atoms with Crippen molar-refractivity contribution in [2.24, 2.45) is 7.05 Å². The molecule has 1 aromatic rings. The first-order valence-electron chi connectivity index (χ1n) is 5.75. The second-order valence-corrected chi connectivity index (χ2v) is 4.99. The molecule has 1 rings (SSSR count). The van der Waals surface area contributed by atoms with E-state index in [9.17, 15) is 9.90 Å². The molecule has 0 aliphatic heterocycles. The second kappa shape index (κ2) is 4.87. The molecule has 5 heteroatoms. The number of likely N-dealkylation sites (N-methyl/N-ethyl adjacent to an activating group) is 1. The summed E-state index contributed by atoms with van der Waals surface area (Å²) in [4.78, 5) is 13.7. The number of rotatable bonds is 4. The highest BCUT2D eigenvalue weighted by atomic mass is 16.3. The van der Waals surface area contributed by atoms with E-state index in [0.717, 1.165) is 12.1 Å². The van der Waals surface area contributed by atoms with Crippen molar-refractivity contribution in [1.29, 1.82) is 0 Å². The van der Waals surface area contributed by atoms with Gasteiger partial charge in [0.25, 0.3) is 5.91 Å². The van der Waals surface area contributed by atoms with Gasteiger partial charge in [-0.25, -0.2) is 0 Å². The summed E-state index contributed by atoms with van der Waals surface area (Å²) >= 11 is 0. The summed E-state index contributed by atoms with van der Waals surface area (Å²) in [6.45, 7) is 5.63. The standard InChI is InChI=1S/C12H21N3O2/c1-6-10-9(7-15(5)13-10)11(16)14(4)8-12(2,3)17/h7,17H,6,8H2,1-5H3. The summed E-state index contributed by atoms with van der Waals surface area (Å²) in [6.07, 6.45) is 2.44. The molecule has 0 saturated carbocycles. The molecule has 0 bridgehead atoms. The van der Waals surface area contributed by atoms with Crippen LogP contribution in [0, 0.1) is 0 Å². The van der Waals surface area contributed by atoms with Gasteiger partial charge in [0.15, 0.2) is 0 Å². The number of nitrogens with zero attached hydrogens (tertiary/aromatic N) is 3. The van der Waals surface area contributed by atoms with Gasteiger partial charge in [-0.15, -0.1) is 0 Å². The van der Waals surface area contributed by atoms with Gasteiger partial charge in [-0.3, -0.25) is 9.48 Å². The van der Waals surface area contributed by atoms with Gasteiger partial charge in [0, 0.05) is 26.8 Å². The molecule has 0 spiro atoms. The summed E-state index contributed by atoms with van der Waals surface area (Å²) < 4.78 is 1.64. The van der Waals surface area contributed by atoms with E-state index < -0.39 is 5.60 Å². The van der Waals surface area contributed by atoms with Crippen LogP contribution in [0.5, 0.6) is 0 Å². The van der Waals surface area contributed by atoms with E-state index in [-0.39, 0.29) is 5.91 Å². The van der Waals surface area contributed by atoms with Gasteiger partial charge in [-0.05, 0) is 20.3 Å². The highest BCUT2D eigenvalue weighted by molar-refractivity contribution is 5.95. The molecular weight excluding hydrogens is 218 g/mol. The number of hydrogen-bond donors (Lipinski definition) is 1. The second-order valence-electron chi connectivity index (χ2n) is 4.99. The van der Waals surface area contributed by atoms with Crippen LogP contribution in [0.3, 0.4) is 0 Å². The van der Waals surface area contributed by atoms with E-state index in [1.807, 2.05) is 6.92 Å². The molecule has 5 nitrogen and oxygen atoms in total. The zero-order valence-electron chi connectivity index (χ0n) is 11.2. The van der Waals surface area contributed by atoms with Crippen LogP contribution in [0.2, 0.25) is 0 Å². The first-order valence-corrected chi connectivity index (χ1v) is 5.75. The average Bonchev–Trinajstić information content (AvgIpc) is 2.55. The fraction of sp³-hybridized carbons (Fsp3) is 0.667. The average molecular weight is 239 g/mol. The molecule has 0 aliphatic carbocycles. The molecule has 17 heavy (non-hydrogen) atoms. The monoisotopic (exact) mass is 239 g/mol. The summed E-state index contributed by atoms with van der Waals surface area (Å²) in [7, 11) is 3.48. The van der Waals surface area contributed by atoms with Gasteiger partial charge >= 0.3 is 0 Å². The highest BCUT2D eigenvalue weighted by Crippen LogP contribution is 2.12. The maximum Gasteiger partial charge on any atom is 0.257 e. The fourth-order valence-corrected chi connectivity index (χ4v) is 1.83. The third-order valence-electron chi connectivity index (χ3n) is 2.44. The molecule has 1 amide bonds. The van der Waals surface area contributed by atoms with Crippen molar-refractivity contribution < 1.29 is 9.90 Å². The Morgan fingerprint density at radius 1 is 1.59 bits per heavy atom. The summed E-state index contributed by atoms with van der Waals surface area (Å²) in [5.41, 5.74) is 0.515. The molecule has 1 N–H and O–H groups in total. The lowest BCUT2D eigenvalue weighted by Gasteiger charge is -2.25. The van der Waals surface area contributed by atoms with E-state index in [1.54, 1.807) is 38.8 Å². The van der Waals surface area contributed by atoms with E-state index in [1.165, 1.54) is 4.90 Å². The number of hydrogen-bond acceptors (Lipinski definition) is 3. The van der Waals surface area contributed by atoms with Crippen LogP contribution in [0.25, 0.3) is 0 Å². The van der Waals surface area contributed by atoms with Gasteiger partial charge in [0.1, 0.15) is 0 Å². The lowest BCUT2D eigenvalue weighted by atomic mass is 10.1. The Balaban J connectivity index is 2.88. The maximum absolute atomic E-state index is 12.2. The van der Waals surface area contributed by atoms with Crippen molar-refractivity contribution >= 4 is 5.91 Å². The van der Waals surface area contributed by atoms with E-state index in [4.69, 9.17) is 0 Å². The Morgan fingerprint density at radius 2 is 2.18 bits per heavy atom. The van der Waals surface area contributed by atoms with Crippen LogP contribution in [0.1, 0.15) is 36.8 Å². The van der Waals surface area contributed by atoms with E-state index in [2.05, 4.69) is 5.10 Å². The van der Waals surface area contributed by atoms with Gasteiger partial charge in [0.05, 0.1) is 16.9 Å². The fourth-order valence-electron chi connectivity index (χ4n) is 1.83. The lowest BCUT2D eigenvalue weighted by molar-refractivity contribution is 0.0367. The van der Waals surface area contributed by atoms with Crippen LogP contribution in [0.15, 0.2) is 6.20 Å². The normalized spacial score (nSPS) is 11.6. The molecule has 0 fully saturated rings. The highest BCUT2D eigenvalue weighted by Gasteiger charge is 2.23. The lowest BCUT2D eigenvalue weighted by Crippen LogP contribution is -2.39. The summed E-state index contributed by atoms with van der Waals surface area (Å²) in [5, 5.41) is 13.9. The maximum atomic E-state index is 12.2. The molecular formula is C12H21N3O2. The molecule has 0 aliphatic rings. The topological polar surface area (TPSA) is 58.4 Å². The smallest absolute Gasteiger partial charge is 0.257 e. The van der Waals surface area contributed by atoms with Crippen LogP contribution in [-0.2, 0) is 13.5 Å². The third kappa shape index (κ3) is 3.56. The van der Waals surface area contributed by atoms with Crippen LogP contribution < -0.4 is 0 Å². The van der Waals surface area contributed by atoms with Crippen LogP contribution >= 0.6 is 0 Å². The molecule has 0 radical (unpaired) electrons. The van der Waals surface area contributed by atoms with Crippen molar-refractivity contribution in [3.63, 3.8) is 0 Å². The molecule has 96 valence electrons. The van der Waals surface area contributed by atoms with Crippen molar-refractivity contribution in [2.75, 3.05) is 13.6 Å². The van der Waals surface area contributed by atoms with Crippen molar-refractivity contribution in [3.05, 3.63) is 17.5 Å². The predicted octanol–water partition coefficient (Wildman–Crippen LogP) is 0.825. The first kappa shape index (κ1) is 13.7. The van der Waals surface area contributed by atoms with Crippen molar-refractivity contribution in [2.45, 2.75) is 32.8 Å². The van der Waals surface area contributed by atoms with Gasteiger partial charge in [-0.1, -0.05) is 6.92 Å². The number of carbonyl (C=O) groups is 1. The van der Waals surface area contributed by atoms with Crippen molar-refractivity contribution in [3.8, 4) is 0 Å². The number of carbonyl (C=O) groups excluding carboxylic acids is 1. The minimum absolute atomic E-state index is 0.0999. The number of aliphatic hydroxyl groups is 1. The Labute approximate surface area is 102 Å². The minimum Gasteiger partial charge on any atom is -0.389 e. The molecule has 0 unspecified atom stereocenters. The van der Waals surface area contributed by atoms with Crippen LogP contribution in [0.4, 0.5) is 0 Å². The predicted molar refractivity (Wildman–Crippen MR) is 65.8 cm³/mol. The Kier molecular flexibility index (Phi) is 3.93. The van der Waals surface area contributed by atoms with Crippen molar-refractivity contribution in [1.82, 2.24) is 14.7 Å². The largest absolute Gasteiger partial charge is 0.389 e. The molecule has 0 saturated heterocycles. The molecule has 1 heterocycles. The zero-order chi connectivity index (χ0) is 13.2. The zero-order valence-corrected chi connectivity index (χ0v) is 11.2. The molecule has 0 aromatic carbocycles. The SMILES string of the molecule is CCc1nn(C)cc1C(=O)N(C)CC(C)(C)O. The quantitative estimate of drug-likeness (QED) is 0.846. The Morgan fingerprint density at radius 3 is 2.65 bits per heavy atom. The third-order valence-corrected chi connectivity index (χ3v) is 2.44. The van der Waals surface area contributed by atoms with Gasteiger partial charge in [0.2, 0.25) is 0 Å². The Bertz CT molecular complexity index is 404. The number of aryl methyl sites for hydroxylation is 2. The van der Waals surface area contributed by atoms with E-state index >= 15 is 0 Å². The van der Waals surface area contributed by atoms with Gasteiger partial charge < -0.3 is 10.0 Å². The first-order chi connectivity index (χ1) is 7.74.